The lowest BCUT2D eigenvalue weighted by atomic mass is 9.79. The maximum atomic E-state index is 9.88. The standard InChI is InChI=1S/C17H18BrN3/c1-3-14-16(18)15(21(2)20-14)10-17(11-19)9-8-12-6-4-5-7-13(12)17/h4-7H,3,8-10H2,1-2H3. The van der Waals surface area contributed by atoms with Crippen LogP contribution in [-0.2, 0) is 31.7 Å². The van der Waals surface area contributed by atoms with E-state index in [4.69, 9.17) is 0 Å². The third-order valence-electron chi connectivity index (χ3n) is 4.54. The summed E-state index contributed by atoms with van der Waals surface area (Å²) in [5.41, 5.74) is 4.27. The number of hydrogen-bond acceptors (Lipinski definition) is 2. The highest BCUT2D eigenvalue weighted by atomic mass is 79.9. The van der Waals surface area contributed by atoms with E-state index in [0.717, 1.165) is 35.1 Å². The summed E-state index contributed by atoms with van der Waals surface area (Å²) in [4.78, 5) is 0. The van der Waals surface area contributed by atoms with Gasteiger partial charge in [-0.15, -0.1) is 0 Å². The van der Waals surface area contributed by atoms with E-state index in [1.165, 1.54) is 11.1 Å². The Hall–Kier alpha value is -1.60. The van der Waals surface area contributed by atoms with Crippen LogP contribution in [0.4, 0.5) is 0 Å². The van der Waals surface area contributed by atoms with Crippen molar-refractivity contribution in [2.24, 2.45) is 7.05 Å². The van der Waals surface area contributed by atoms with E-state index in [2.05, 4.69) is 52.2 Å². The van der Waals surface area contributed by atoms with Gasteiger partial charge in [0.2, 0.25) is 0 Å². The summed E-state index contributed by atoms with van der Waals surface area (Å²) in [7, 11) is 1.96. The van der Waals surface area contributed by atoms with E-state index in [0.29, 0.717) is 6.42 Å². The highest BCUT2D eigenvalue weighted by Gasteiger charge is 2.40. The molecule has 0 fully saturated rings. The average molecular weight is 344 g/mol. The van der Waals surface area contributed by atoms with Gasteiger partial charge in [0.25, 0.3) is 0 Å². The summed E-state index contributed by atoms with van der Waals surface area (Å²) in [6.45, 7) is 2.10. The van der Waals surface area contributed by atoms with Crippen molar-refractivity contribution < 1.29 is 0 Å². The first-order chi connectivity index (χ1) is 10.1. The summed E-state index contributed by atoms with van der Waals surface area (Å²) in [5.74, 6) is 0. The molecule has 1 aromatic heterocycles. The molecule has 0 saturated heterocycles. The minimum Gasteiger partial charge on any atom is -0.271 e. The highest BCUT2D eigenvalue weighted by Crippen LogP contribution is 2.42. The molecular weight excluding hydrogens is 326 g/mol. The highest BCUT2D eigenvalue weighted by molar-refractivity contribution is 9.10. The normalized spacial score (nSPS) is 20.3. The van der Waals surface area contributed by atoms with Gasteiger partial charge >= 0.3 is 0 Å². The molecule has 0 bridgehead atoms. The van der Waals surface area contributed by atoms with Crippen molar-refractivity contribution in [1.29, 1.82) is 5.26 Å². The number of aryl methyl sites for hydroxylation is 3. The van der Waals surface area contributed by atoms with Gasteiger partial charge in [0.05, 0.1) is 27.3 Å². The van der Waals surface area contributed by atoms with E-state index < -0.39 is 5.41 Å². The molecule has 0 amide bonds. The molecule has 3 rings (SSSR count). The maximum absolute atomic E-state index is 9.88. The van der Waals surface area contributed by atoms with Gasteiger partial charge in [0.15, 0.2) is 0 Å². The zero-order valence-corrected chi connectivity index (χ0v) is 13.9. The van der Waals surface area contributed by atoms with Crippen LogP contribution in [-0.4, -0.2) is 9.78 Å². The SMILES string of the molecule is CCc1nn(C)c(CC2(C#N)CCc3ccccc32)c1Br. The summed E-state index contributed by atoms with van der Waals surface area (Å²) in [6, 6.07) is 10.9. The number of rotatable bonds is 3. The predicted molar refractivity (Wildman–Crippen MR) is 86.0 cm³/mol. The first-order valence-corrected chi connectivity index (χ1v) is 8.10. The average Bonchev–Trinajstić information content (AvgIpc) is 3.01. The molecule has 0 saturated carbocycles. The van der Waals surface area contributed by atoms with E-state index >= 15 is 0 Å². The smallest absolute Gasteiger partial charge is 0.0883 e. The van der Waals surface area contributed by atoms with E-state index in [1.807, 2.05) is 17.8 Å². The third-order valence-corrected chi connectivity index (χ3v) is 5.46. The molecule has 0 aliphatic heterocycles. The van der Waals surface area contributed by atoms with Crippen LogP contribution in [0, 0.1) is 11.3 Å². The van der Waals surface area contributed by atoms with Crippen LogP contribution in [0.2, 0.25) is 0 Å². The summed E-state index contributed by atoms with van der Waals surface area (Å²) < 4.78 is 2.98. The fourth-order valence-corrected chi connectivity index (χ4v) is 4.08. The zero-order valence-electron chi connectivity index (χ0n) is 12.4. The molecule has 4 heteroatoms. The summed E-state index contributed by atoms with van der Waals surface area (Å²) >= 11 is 3.67. The number of fused-ring (bicyclic) bond motifs is 1. The molecule has 0 spiro atoms. The lowest BCUT2D eigenvalue weighted by Crippen LogP contribution is -2.25. The van der Waals surface area contributed by atoms with Crippen LogP contribution >= 0.6 is 15.9 Å². The lowest BCUT2D eigenvalue weighted by Gasteiger charge is -2.22. The molecule has 1 aliphatic carbocycles. The molecule has 1 unspecified atom stereocenters. The van der Waals surface area contributed by atoms with Gasteiger partial charge in [-0.25, -0.2) is 0 Å². The van der Waals surface area contributed by atoms with Crippen LogP contribution in [0.25, 0.3) is 0 Å². The van der Waals surface area contributed by atoms with Gasteiger partial charge < -0.3 is 0 Å². The fraction of sp³-hybridized carbons (Fsp3) is 0.412. The van der Waals surface area contributed by atoms with Crippen molar-refractivity contribution in [2.75, 3.05) is 0 Å². The first kappa shape index (κ1) is 14.3. The molecule has 108 valence electrons. The Labute approximate surface area is 133 Å². The monoisotopic (exact) mass is 343 g/mol. The van der Waals surface area contributed by atoms with Crippen LogP contribution in [0.1, 0.15) is 35.9 Å². The quantitative estimate of drug-likeness (QED) is 0.852. The van der Waals surface area contributed by atoms with Crippen molar-refractivity contribution in [2.45, 2.75) is 38.0 Å². The first-order valence-electron chi connectivity index (χ1n) is 7.31. The summed E-state index contributed by atoms with van der Waals surface area (Å²) in [6.07, 6.45) is 3.48. The van der Waals surface area contributed by atoms with Crippen LogP contribution in [0.3, 0.4) is 0 Å². The number of nitrogens with zero attached hydrogens (tertiary/aromatic N) is 3. The third kappa shape index (κ3) is 2.20. The zero-order chi connectivity index (χ0) is 15.0. The van der Waals surface area contributed by atoms with Gasteiger partial charge in [0.1, 0.15) is 0 Å². The summed E-state index contributed by atoms with van der Waals surface area (Å²) in [5, 5.41) is 14.4. The van der Waals surface area contributed by atoms with Gasteiger partial charge in [-0.05, 0) is 46.3 Å². The van der Waals surface area contributed by atoms with E-state index in [9.17, 15) is 5.26 Å². The molecule has 3 nitrogen and oxygen atoms in total. The van der Waals surface area contributed by atoms with Gasteiger partial charge in [-0.1, -0.05) is 31.2 Å². The van der Waals surface area contributed by atoms with Crippen molar-refractivity contribution in [3.63, 3.8) is 0 Å². The van der Waals surface area contributed by atoms with Gasteiger partial charge in [0, 0.05) is 13.5 Å². The Morgan fingerprint density at radius 2 is 2.19 bits per heavy atom. The number of nitriles is 1. The molecule has 1 atom stereocenters. The Morgan fingerprint density at radius 3 is 2.86 bits per heavy atom. The largest absolute Gasteiger partial charge is 0.271 e. The minimum absolute atomic E-state index is 0.419. The molecule has 21 heavy (non-hydrogen) atoms. The molecular formula is C17H18BrN3. The Kier molecular flexibility index (Phi) is 3.62. The topological polar surface area (TPSA) is 41.6 Å². The van der Waals surface area contributed by atoms with E-state index in [-0.39, 0.29) is 0 Å². The lowest BCUT2D eigenvalue weighted by molar-refractivity contribution is 0.515. The number of aromatic nitrogens is 2. The number of halogens is 1. The van der Waals surface area contributed by atoms with Crippen molar-refractivity contribution in [1.82, 2.24) is 9.78 Å². The Morgan fingerprint density at radius 1 is 1.43 bits per heavy atom. The Balaban J connectivity index is 2.05. The second-order valence-corrected chi connectivity index (χ2v) is 6.51. The van der Waals surface area contributed by atoms with E-state index in [1.54, 1.807) is 0 Å². The van der Waals surface area contributed by atoms with Crippen molar-refractivity contribution >= 4 is 15.9 Å². The molecule has 1 aromatic carbocycles. The Bertz CT molecular complexity index is 726. The fourth-order valence-electron chi connectivity index (χ4n) is 3.32. The number of hydrogen-bond donors (Lipinski definition) is 0. The maximum Gasteiger partial charge on any atom is 0.0883 e. The molecule has 2 aromatic rings. The minimum atomic E-state index is -0.419. The van der Waals surface area contributed by atoms with Gasteiger partial charge in [-0.2, -0.15) is 10.4 Å². The van der Waals surface area contributed by atoms with Gasteiger partial charge in [-0.3, -0.25) is 4.68 Å². The number of benzene rings is 1. The van der Waals surface area contributed by atoms with Crippen LogP contribution in [0.5, 0.6) is 0 Å². The molecule has 0 N–H and O–H groups in total. The van der Waals surface area contributed by atoms with Crippen LogP contribution in [0.15, 0.2) is 28.7 Å². The predicted octanol–water partition coefficient (Wildman–Crippen LogP) is 3.70. The van der Waals surface area contributed by atoms with Crippen LogP contribution < -0.4 is 0 Å². The molecule has 1 heterocycles. The molecule has 0 radical (unpaired) electrons. The second-order valence-electron chi connectivity index (χ2n) is 5.71. The van der Waals surface area contributed by atoms with Crippen molar-refractivity contribution in [3.05, 3.63) is 51.3 Å². The van der Waals surface area contributed by atoms with Crippen molar-refractivity contribution in [3.8, 4) is 6.07 Å². The second kappa shape index (κ2) is 5.31. The molecule has 1 aliphatic rings.